The number of halogens is 2. The van der Waals surface area contributed by atoms with E-state index >= 15 is 0 Å². The Balaban J connectivity index is 1.61. The molecule has 2 aromatic rings. The summed E-state index contributed by atoms with van der Waals surface area (Å²) in [4.78, 5) is 16.2. The minimum absolute atomic E-state index is 0.193. The van der Waals surface area contributed by atoms with Crippen molar-refractivity contribution >= 4 is 33.2 Å². The molecule has 1 N–H and O–H groups in total. The first-order chi connectivity index (χ1) is 10.6. The van der Waals surface area contributed by atoms with Crippen LogP contribution in [0.15, 0.2) is 39.7 Å². The molecular weight excluding hydrogens is 368 g/mol. The van der Waals surface area contributed by atoms with Crippen molar-refractivity contribution in [3.63, 3.8) is 0 Å². The van der Waals surface area contributed by atoms with E-state index in [4.69, 9.17) is 11.6 Å². The van der Waals surface area contributed by atoms with Crippen LogP contribution in [0.5, 0.6) is 0 Å². The molecule has 0 unspecified atom stereocenters. The van der Waals surface area contributed by atoms with Crippen molar-refractivity contribution < 1.29 is 0 Å². The number of anilines is 1. The molecule has 0 atom stereocenters. The lowest BCUT2D eigenvalue weighted by atomic mass is 10.2. The van der Waals surface area contributed by atoms with E-state index in [9.17, 15) is 4.79 Å². The van der Waals surface area contributed by atoms with Crippen molar-refractivity contribution in [2.45, 2.75) is 6.54 Å². The van der Waals surface area contributed by atoms with Gasteiger partial charge in [0.1, 0.15) is 4.47 Å². The molecule has 1 aromatic heterocycles. The average molecular weight is 384 g/mol. The van der Waals surface area contributed by atoms with Gasteiger partial charge in [0.2, 0.25) is 0 Å². The Morgan fingerprint density at radius 3 is 2.55 bits per heavy atom. The maximum absolute atomic E-state index is 11.6. The molecule has 116 valence electrons. The van der Waals surface area contributed by atoms with Gasteiger partial charge in [0.05, 0.1) is 11.9 Å². The van der Waals surface area contributed by atoms with E-state index in [-0.39, 0.29) is 5.56 Å². The van der Waals surface area contributed by atoms with Crippen LogP contribution < -0.4 is 10.5 Å². The van der Waals surface area contributed by atoms with Crippen molar-refractivity contribution in [1.29, 1.82) is 0 Å². The highest BCUT2D eigenvalue weighted by Crippen LogP contribution is 2.22. The highest BCUT2D eigenvalue weighted by molar-refractivity contribution is 9.10. The van der Waals surface area contributed by atoms with E-state index in [0.29, 0.717) is 4.47 Å². The van der Waals surface area contributed by atoms with E-state index < -0.39 is 0 Å². The SMILES string of the molecule is O=c1[nH]ncc(N2CCN(Cc3ccc(Cl)cc3)CC2)c1Br. The van der Waals surface area contributed by atoms with Gasteiger partial charge in [-0.2, -0.15) is 5.10 Å². The zero-order valence-corrected chi connectivity index (χ0v) is 14.3. The number of hydrogen-bond donors (Lipinski definition) is 1. The maximum atomic E-state index is 11.6. The van der Waals surface area contributed by atoms with Gasteiger partial charge in [0.25, 0.3) is 5.56 Å². The summed E-state index contributed by atoms with van der Waals surface area (Å²) >= 11 is 9.25. The van der Waals surface area contributed by atoms with Gasteiger partial charge in [-0.25, -0.2) is 5.10 Å². The monoisotopic (exact) mass is 382 g/mol. The van der Waals surface area contributed by atoms with Gasteiger partial charge in [-0.3, -0.25) is 9.69 Å². The Morgan fingerprint density at radius 2 is 1.86 bits per heavy atom. The Morgan fingerprint density at radius 1 is 1.18 bits per heavy atom. The third-order valence-corrected chi connectivity index (χ3v) is 4.83. The van der Waals surface area contributed by atoms with Crippen LogP contribution in [0.2, 0.25) is 5.02 Å². The molecule has 1 aromatic carbocycles. The van der Waals surface area contributed by atoms with E-state index in [1.54, 1.807) is 6.20 Å². The van der Waals surface area contributed by atoms with Crippen LogP contribution in [-0.2, 0) is 6.54 Å². The summed E-state index contributed by atoms with van der Waals surface area (Å²) in [5.74, 6) is 0. The smallest absolute Gasteiger partial charge is 0.280 e. The lowest BCUT2D eigenvalue weighted by Gasteiger charge is -2.36. The van der Waals surface area contributed by atoms with Gasteiger partial charge < -0.3 is 4.90 Å². The van der Waals surface area contributed by atoms with Crippen molar-refractivity contribution in [3.05, 3.63) is 55.9 Å². The van der Waals surface area contributed by atoms with E-state index in [1.807, 2.05) is 12.1 Å². The topological polar surface area (TPSA) is 52.2 Å². The molecule has 7 heteroatoms. The zero-order valence-electron chi connectivity index (χ0n) is 11.9. The van der Waals surface area contributed by atoms with Crippen LogP contribution in [-0.4, -0.2) is 41.3 Å². The van der Waals surface area contributed by atoms with Crippen molar-refractivity contribution in [1.82, 2.24) is 15.1 Å². The fraction of sp³-hybridized carbons (Fsp3) is 0.333. The lowest BCUT2D eigenvalue weighted by Crippen LogP contribution is -2.46. The quantitative estimate of drug-likeness (QED) is 0.885. The number of benzene rings is 1. The Kier molecular flexibility index (Phi) is 4.81. The molecule has 0 spiro atoms. The number of aromatic nitrogens is 2. The first-order valence-corrected chi connectivity index (χ1v) is 8.25. The van der Waals surface area contributed by atoms with Gasteiger partial charge in [-0.1, -0.05) is 23.7 Å². The Hall–Kier alpha value is -1.37. The first-order valence-electron chi connectivity index (χ1n) is 7.08. The third-order valence-electron chi connectivity index (χ3n) is 3.81. The summed E-state index contributed by atoms with van der Waals surface area (Å²) in [7, 11) is 0. The number of hydrogen-bond acceptors (Lipinski definition) is 4. The van der Waals surface area contributed by atoms with Crippen LogP contribution >= 0.6 is 27.5 Å². The van der Waals surface area contributed by atoms with Gasteiger partial charge >= 0.3 is 0 Å². The second kappa shape index (κ2) is 6.81. The number of piperazine rings is 1. The summed E-state index contributed by atoms with van der Waals surface area (Å²) < 4.78 is 0.550. The predicted octanol–water partition coefficient (Wildman–Crippen LogP) is 2.51. The summed E-state index contributed by atoms with van der Waals surface area (Å²) in [6.45, 7) is 4.55. The van der Waals surface area contributed by atoms with Crippen LogP contribution in [0.4, 0.5) is 5.69 Å². The standard InChI is InChI=1S/C15H16BrClN4O/c16-14-13(9-18-19-15(14)22)21-7-5-20(6-8-21)10-11-1-3-12(17)4-2-11/h1-4,9H,5-8,10H2,(H,19,22). The van der Waals surface area contributed by atoms with Gasteiger partial charge in [-0.15, -0.1) is 0 Å². The summed E-state index contributed by atoms with van der Waals surface area (Å²) in [6, 6.07) is 7.97. The van der Waals surface area contributed by atoms with E-state index in [0.717, 1.165) is 43.4 Å². The molecule has 0 saturated carbocycles. The highest BCUT2D eigenvalue weighted by atomic mass is 79.9. The zero-order chi connectivity index (χ0) is 15.5. The molecule has 2 heterocycles. The van der Waals surface area contributed by atoms with Crippen LogP contribution in [0, 0.1) is 0 Å². The average Bonchev–Trinajstić information content (AvgIpc) is 2.53. The van der Waals surface area contributed by atoms with Gasteiger partial charge in [0.15, 0.2) is 0 Å². The number of nitrogens with zero attached hydrogens (tertiary/aromatic N) is 3. The summed E-state index contributed by atoms with van der Waals surface area (Å²) in [5, 5.41) is 7.07. The second-order valence-electron chi connectivity index (χ2n) is 5.29. The van der Waals surface area contributed by atoms with Gasteiger partial charge in [-0.05, 0) is 33.6 Å². The highest BCUT2D eigenvalue weighted by Gasteiger charge is 2.20. The van der Waals surface area contributed by atoms with E-state index in [2.05, 4.69) is 48.1 Å². The van der Waals surface area contributed by atoms with E-state index in [1.165, 1.54) is 5.56 Å². The molecule has 0 aliphatic carbocycles. The molecule has 3 rings (SSSR count). The molecule has 1 saturated heterocycles. The van der Waals surface area contributed by atoms with Crippen molar-refractivity contribution in [2.24, 2.45) is 0 Å². The lowest BCUT2D eigenvalue weighted by molar-refractivity contribution is 0.249. The van der Waals surface area contributed by atoms with Crippen LogP contribution in [0.1, 0.15) is 5.56 Å². The fourth-order valence-electron chi connectivity index (χ4n) is 2.59. The normalized spacial score (nSPS) is 16.0. The fourth-order valence-corrected chi connectivity index (χ4v) is 3.16. The first kappa shape index (κ1) is 15.5. The van der Waals surface area contributed by atoms with Crippen molar-refractivity contribution in [3.8, 4) is 0 Å². The predicted molar refractivity (Wildman–Crippen MR) is 91.5 cm³/mol. The molecule has 0 bridgehead atoms. The molecule has 1 aliphatic rings. The largest absolute Gasteiger partial charge is 0.367 e. The van der Waals surface area contributed by atoms with Crippen molar-refractivity contribution in [2.75, 3.05) is 31.1 Å². The maximum Gasteiger partial charge on any atom is 0.280 e. The number of H-pyrrole nitrogens is 1. The number of rotatable bonds is 3. The molecular formula is C15H16BrClN4O. The third kappa shape index (κ3) is 3.51. The molecule has 1 aliphatic heterocycles. The van der Waals surface area contributed by atoms with Gasteiger partial charge in [0, 0.05) is 37.7 Å². The number of aromatic amines is 1. The minimum atomic E-state index is -0.193. The molecule has 0 radical (unpaired) electrons. The minimum Gasteiger partial charge on any atom is -0.367 e. The van der Waals surface area contributed by atoms with Crippen LogP contribution in [0.25, 0.3) is 0 Å². The second-order valence-corrected chi connectivity index (χ2v) is 6.52. The molecule has 1 fully saturated rings. The summed E-state index contributed by atoms with van der Waals surface area (Å²) in [5.41, 5.74) is 1.92. The molecule has 0 amide bonds. The summed E-state index contributed by atoms with van der Waals surface area (Å²) in [6.07, 6.45) is 1.69. The van der Waals surface area contributed by atoms with Crippen LogP contribution in [0.3, 0.4) is 0 Å². The number of nitrogens with one attached hydrogen (secondary N) is 1. The Bertz CT molecular complexity index is 695. The Labute approximate surface area is 142 Å². The molecule has 22 heavy (non-hydrogen) atoms. The molecule has 5 nitrogen and oxygen atoms in total.